The van der Waals surface area contributed by atoms with Crippen LogP contribution >= 0.6 is 0 Å². The highest BCUT2D eigenvalue weighted by atomic mass is 16.5. The van der Waals surface area contributed by atoms with E-state index in [1.165, 1.54) is 26.2 Å². The molecule has 9 heteroatoms. The summed E-state index contributed by atoms with van der Waals surface area (Å²) in [6.45, 7) is 7.72. The zero-order chi connectivity index (χ0) is 25.1. The Hall–Kier alpha value is -2.97. The van der Waals surface area contributed by atoms with Gasteiger partial charge < -0.3 is 25.3 Å². The van der Waals surface area contributed by atoms with Crippen molar-refractivity contribution in [3.63, 3.8) is 0 Å². The number of ether oxygens (including phenoxy) is 3. The fraction of sp³-hybridized carbons (Fsp3) is 0.625. The van der Waals surface area contributed by atoms with Crippen LogP contribution in [0.5, 0.6) is 17.2 Å². The minimum atomic E-state index is -0.861. The molecule has 0 aromatic heterocycles. The lowest BCUT2D eigenvalue weighted by Crippen LogP contribution is -2.54. The molecule has 3 atom stereocenters. The Kier molecular flexibility index (Phi) is 11.5. The van der Waals surface area contributed by atoms with Crippen molar-refractivity contribution in [1.82, 2.24) is 10.2 Å². The van der Waals surface area contributed by atoms with Crippen LogP contribution < -0.4 is 25.3 Å². The highest BCUT2D eigenvalue weighted by Crippen LogP contribution is 2.40. The summed E-state index contributed by atoms with van der Waals surface area (Å²) in [7, 11) is 4.49. The third kappa shape index (κ3) is 7.27. The van der Waals surface area contributed by atoms with Crippen molar-refractivity contribution in [3.05, 3.63) is 17.7 Å². The maximum atomic E-state index is 13.5. The number of urea groups is 1. The van der Waals surface area contributed by atoms with Gasteiger partial charge in [0, 0.05) is 6.54 Å². The minimum Gasteiger partial charge on any atom is -0.493 e. The Morgan fingerprint density at radius 1 is 1.00 bits per heavy atom. The second-order valence-electron chi connectivity index (χ2n) is 8.09. The molecule has 0 radical (unpaired) electrons. The molecule has 4 amide bonds. The van der Waals surface area contributed by atoms with E-state index in [1.54, 1.807) is 19.1 Å². The van der Waals surface area contributed by atoms with Gasteiger partial charge in [-0.15, -0.1) is 0 Å². The number of primary amides is 1. The first kappa shape index (κ1) is 28.1. The molecule has 1 unspecified atom stereocenters. The van der Waals surface area contributed by atoms with Gasteiger partial charge in [0.2, 0.25) is 17.6 Å². The van der Waals surface area contributed by atoms with Gasteiger partial charge in [-0.25, -0.2) is 4.79 Å². The number of nitrogens with two attached hydrogens (primary N) is 1. The zero-order valence-corrected chi connectivity index (χ0v) is 20.9. The van der Waals surface area contributed by atoms with Crippen LogP contribution in [0.25, 0.3) is 0 Å². The predicted octanol–water partition coefficient (Wildman–Crippen LogP) is 3.44. The van der Waals surface area contributed by atoms with Gasteiger partial charge in [0.05, 0.1) is 27.2 Å². The molecule has 1 aromatic carbocycles. The molecule has 0 aliphatic rings. The number of carbonyl (C=O) groups excluding carboxylic acids is 3. The van der Waals surface area contributed by atoms with Crippen molar-refractivity contribution in [2.24, 2.45) is 11.7 Å². The Bertz CT molecular complexity index is 788. The molecular weight excluding hydrogens is 426 g/mol. The van der Waals surface area contributed by atoms with E-state index in [2.05, 4.69) is 5.32 Å². The van der Waals surface area contributed by atoms with Crippen LogP contribution in [0, 0.1) is 5.92 Å². The van der Waals surface area contributed by atoms with Crippen LogP contribution in [-0.4, -0.2) is 56.7 Å². The number of imide groups is 1. The Labute approximate surface area is 196 Å². The van der Waals surface area contributed by atoms with Crippen molar-refractivity contribution >= 4 is 17.8 Å². The SMILES string of the molecule is CCCCCN(C(=O)N[C@@H](C(N)=O)C(C)CC)C(=O)[C@@H](C)c1cc(OC)c(OC)c(OC)c1. The summed E-state index contributed by atoms with van der Waals surface area (Å²) < 4.78 is 16.1. The normalized spacial score (nSPS) is 13.4. The van der Waals surface area contributed by atoms with Gasteiger partial charge in [0.25, 0.3) is 0 Å². The van der Waals surface area contributed by atoms with E-state index in [1.807, 2.05) is 20.8 Å². The number of hydrogen-bond donors (Lipinski definition) is 2. The van der Waals surface area contributed by atoms with Crippen molar-refractivity contribution < 1.29 is 28.6 Å². The van der Waals surface area contributed by atoms with Crippen LogP contribution in [0.3, 0.4) is 0 Å². The van der Waals surface area contributed by atoms with Crippen molar-refractivity contribution in [1.29, 1.82) is 0 Å². The van der Waals surface area contributed by atoms with E-state index in [4.69, 9.17) is 19.9 Å². The number of benzene rings is 1. The summed E-state index contributed by atoms with van der Waals surface area (Å²) >= 11 is 0. The Morgan fingerprint density at radius 3 is 2.00 bits per heavy atom. The molecule has 0 saturated heterocycles. The minimum absolute atomic E-state index is 0.161. The first-order valence-corrected chi connectivity index (χ1v) is 11.4. The van der Waals surface area contributed by atoms with Crippen LogP contribution in [0.1, 0.15) is 64.9 Å². The molecule has 0 aliphatic carbocycles. The van der Waals surface area contributed by atoms with Gasteiger partial charge in [0.15, 0.2) is 11.5 Å². The smallest absolute Gasteiger partial charge is 0.324 e. The summed E-state index contributed by atoms with van der Waals surface area (Å²) in [6, 6.07) is 1.90. The highest BCUT2D eigenvalue weighted by molar-refractivity contribution is 5.99. The molecule has 0 spiro atoms. The second-order valence-corrected chi connectivity index (χ2v) is 8.09. The first-order chi connectivity index (χ1) is 15.7. The largest absolute Gasteiger partial charge is 0.493 e. The molecule has 0 saturated carbocycles. The predicted molar refractivity (Wildman–Crippen MR) is 127 cm³/mol. The molecule has 0 bridgehead atoms. The number of hydrogen-bond acceptors (Lipinski definition) is 6. The lowest BCUT2D eigenvalue weighted by atomic mass is 9.97. The van der Waals surface area contributed by atoms with Gasteiger partial charge in [0.1, 0.15) is 6.04 Å². The van der Waals surface area contributed by atoms with Crippen LogP contribution in [-0.2, 0) is 9.59 Å². The number of unbranched alkanes of at least 4 members (excludes halogenated alkanes) is 2. The van der Waals surface area contributed by atoms with Crippen molar-refractivity contribution in [3.8, 4) is 17.2 Å². The zero-order valence-electron chi connectivity index (χ0n) is 20.9. The molecule has 1 rings (SSSR count). The highest BCUT2D eigenvalue weighted by Gasteiger charge is 2.32. The molecular formula is C24H39N3O6. The van der Waals surface area contributed by atoms with Crippen LogP contribution in [0.2, 0.25) is 0 Å². The molecule has 33 heavy (non-hydrogen) atoms. The standard InChI is InChI=1S/C24H39N3O6/c1-8-10-11-12-27(24(30)26-20(22(25)28)15(3)9-2)23(29)16(4)17-13-18(31-5)21(33-7)19(14-17)32-6/h13-16,20H,8-12H2,1-7H3,(H2,25,28)(H,26,30)/t15?,16-,20+/m0/s1. The van der Waals surface area contributed by atoms with Gasteiger partial charge >= 0.3 is 6.03 Å². The summed E-state index contributed by atoms with van der Waals surface area (Å²) in [4.78, 5) is 39.7. The molecule has 0 aliphatic heterocycles. The summed E-state index contributed by atoms with van der Waals surface area (Å²) in [5.41, 5.74) is 6.11. The topological polar surface area (TPSA) is 120 Å². The van der Waals surface area contributed by atoms with E-state index in [0.717, 1.165) is 12.8 Å². The maximum Gasteiger partial charge on any atom is 0.324 e. The van der Waals surface area contributed by atoms with E-state index in [-0.39, 0.29) is 12.5 Å². The fourth-order valence-electron chi connectivity index (χ4n) is 3.50. The van der Waals surface area contributed by atoms with Crippen LogP contribution in [0.15, 0.2) is 12.1 Å². The van der Waals surface area contributed by atoms with E-state index < -0.39 is 29.8 Å². The van der Waals surface area contributed by atoms with Gasteiger partial charge in [-0.05, 0) is 37.0 Å². The first-order valence-electron chi connectivity index (χ1n) is 11.4. The van der Waals surface area contributed by atoms with Gasteiger partial charge in [-0.3, -0.25) is 14.5 Å². The monoisotopic (exact) mass is 465 g/mol. The number of nitrogens with one attached hydrogen (secondary N) is 1. The molecule has 0 heterocycles. The van der Waals surface area contributed by atoms with Crippen molar-refractivity contribution in [2.45, 2.75) is 65.3 Å². The summed E-state index contributed by atoms with van der Waals surface area (Å²) in [6.07, 6.45) is 3.10. The number of carbonyl (C=O) groups is 3. The van der Waals surface area contributed by atoms with Crippen LogP contribution in [0.4, 0.5) is 4.79 Å². The van der Waals surface area contributed by atoms with Gasteiger partial charge in [-0.2, -0.15) is 0 Å². The molecule has 9 nitrogen and oxygen atoms in total. The molecule has 1 aromatic rings. The maximum absolute atomic E-state index is 13.5. The Balaban J connectivity index is 3.27. The Morgan fingerprint density at radius 2 is 1.58 bits per heavy atom. The molecule has 0 fully saturated rings. The number of amides is 4. The third-order valence-corrected chi connectivity index (χ3v) is 5.85. The molecule has 3 N–H and O–H groups in total. The number of rotatable bonds is 13. The average Bonchev–Trinajstić information content (AvgIpc) is 2.82. The fourth-order valence-corrected chi connectivity index (χ4v) is 3.50. The van der Waals surface area contributed by atoms with Gasteiger partial charge in [-0.1, -0.05) is 40.0 Å². The van der Waals surface area contributed by atoms with E-state index in [0.29, 0.717) is 35.7 Å². The number of methoxy groups -OCH3 is 3. The lowest BCUT2D eigenvalue weighted by Gasteiger charge is -2.28. The average molecular weight is 466 g/mol. The van der Waals surface area contributed by atoms with E-state index in [9.17, 15) is 14.4 Å². The molecule has 186 valence electrons. The quantitative estimate of drug-likeness (QED) is 0.431. The lowest BCUT2D eigenvalue weighted by molar-refractivity contribution is -0.130. The van der Waals surface area contributed by atoms with Crippen molar-refractivity contribution in [2.75, 3.05) is 27.9 Å². The van der Waals surface area contributed by atoms with E-state index >= 15 is 0 Å². The third-order valence-electron chi connectivity index (χ3n) is 5.85. The number of nitrogens with zero attached hydrogens (tertiary/aromatic N) is 1. The summed E-state index contributed by atoms with van der Waals surface area (Å²) in [5.74, 6) is -0.619. The summed E-state index contributed by atoms with van der Waals surface area (Å²) in [5, 5.41) is 2.67. The second kappa shape index (κ2) is 13.5.